The van der Waals surface area contributed by atoms with Gasteiger partial charge < -0.3 is 4.52 Å². The molecule has 0 radical (unpaired) electrons. The van der Waals surface area contributed by atoms with E-state index in [9.17, 15) is 14.3 Å². The first-order valence-electron chi connectivity index (χ1n) is 8.95. The molecule has 1 N–H and O–H groups in total. The van der Waals surface area contributed by atoms with E-state index in [1.807, 2.05) is 54.6 Å². The van der Waals surface area contributed by atoms with Gasteiger partial charge in [-0.05, 0) is 23.6 Å². The second-order valence-electron chi connectivity index (χ2n) is 6.50. The maximum atomic E-state index is 12.9. The van der Waals surface area contributed by atoms with E-state index in [0.717, 1.165) is 0 Å². The monoisotopic (exact) mass is 408 g/mol. The van der Waals surface area contributed by atoms with Gasteiger partial charge in [0.2, 0.25) is 0 Å². The molecule has 0 aliphatic rings. The molecule has 1 atom stereocenters. The van der Waals surface area contributed by atoms with Gasteiger partial charge in [-0.25, -0.2) is 9.36 Å². The molecule has 0 fully saturated rings. The van der Waals surface area contributed by atoms with Crippen LogP contribution in [0.2, 0.25) is 0 Å². The molecule has 0 aliphatic heterocycles. The molecular formula is C23H21O5P. The summed E-state index contributed by atoms with van der Waals surface area (Å²) in [5.74, 6) is -1.00. The van der Waals surface area contributed by atoms with Crippen molar-refractivity contribution < 1.29 is 23.3 Å². The lowest BCUT2D eigenvalue weighted by atomic mass is 9.80. The lowest BCUT2D eigenvalue weighted by molar-refractivity contribution is -0.132. The zero-order chi connectivity index (χ0) is 20.9. The molecule has 29 heavy (non-hydrogen) atoms. The lowest BCUT2D eigenvalue weighted by Crippen LogP contribution is -2.32. The Hall–Kier alpha value is -2.98. The summed E-state index contributed by atoms with van der Waals surface area (Å²) in [6.07, 6.45) is 0. The summed E-state index contributed by atoms with van der Waals surface area (Å²) < 4.78 is 23.5. The van der Waals surface area contributed by atoms with Gasteiger partial charge in [-0.15, -0.1) is 0 Å². The summed E-state index contributed by atoms with van der Waals surface area (Å²) in [7, 11) is -4.83. The molecule has 5 nitrogen and oxygen atoms in total. The maximum absolute atomic E-state index is 12.9. The predicted octanol–water partition coefficient (Wildman–Crippen LogP) is 5.21. The first kappa shape index (κ1) is 20.7. The van der Waals surface area contributed by atoms with Crippen LogP contribution in [0.15, 0.2) is 103 Å². The highest BCUT2D eigenvalue weighted by Gasteiger charge is 2.45. The van der Waals surface area contributed by atoms with Crippen LogP contribution in [0.4, 0.5) is 0 Å². The number of hydrogen-bond donors (Lipinski definition) is 1. The Morgan fingerprint density at radius 1 is 0.828 bits per heavy atom. The quantitative estimate of drug-likeness (QED) is 0.330. The third-order valence-corrected chi connectivity index (χ3v) is 5.24. The van der Waals surface area contributed by atoms with Crippen molar-refractivity contribution in [2.24, 2.45) is 0 Å². The number of phosphoric acid groups is 1. The van der Waals surface area contributed by atoms with E-state index in [1.54, 1.807) is 36.4 Å². The van der Waals surface area contributed by atoms with Gasteiger partial charge in [0.1, 0.15) is 0 Å². The molecule has 3 rings (SSSR count). The molecule has 0 heterocycles. The van der Waals surface area contributed by atoms with E-state index in [4.69, 9.17) is 9.05 Å². The summed E-state index contributed by atoms with van der Waals surface area (Å²) >= 11 is 0. The smallest absolute Gasteiger partial charge is 0.367 e. The van der Waals surface area contributed by atoms with Gasteiger partial charge in [0, 0.05) is 5.57 Å². The molecule has 0 saturated heterocycles. The van der Waals surface area contributed by atoms with Crippen LogP contribution in [0.3, 0.4) is 0 Å². The molecule has 0 spiro atoms. The van der Waals surface area contributed by atoms with Crippen LogP contribution >= 0.6 is 7.82 Å². The minimum absolute atomic E-state index is 0.00684. The van der Waals surface area contributed by atoms with E-state index in [1.165, 1.54) is 6.92 Å². The molecule has 0 bridgehead atoms. The van der Waals surface area contributed by atoms with E-state index in [0.29, 0.717) is 16.7 Å². The number of phosphoric ester groups is 1. The molecule has 148 valence electrons. The first-order chi connectivity index (χ1) is 13.8. The van der Waals surface area contributed by atoms with Crippen LogP contribution in [0.25, 0.3) is 0 Å². The number of carbonyl (C=O) groups is 1. The number of rotatable bonds is 7. The van der Waals surface area contributed by atoms with Gasteiger partial charge in [0.25, 0.3) is 0 Å². The fourth-order valence-corrected chi connectivity index (χ4v) is 4.12. The minimum atomic E-state index is -4.83. The number of hydrogen-bond acceptors (Lipinski definition) is 4. The molecule has 0 amide bonds. The molecule has 0 saturated carbocycles. The Morgan fingerprint density at radius 3 is 1.48 bits per heavy atom. The van der Waals surface area contributed by atoms with Crippen LogP contribution in [0.1, 0.15) is 23.6 Å². The van der Waals surface area contributed by atoms with Crippen molar-refractivity contribution in [3.8, 4) is 0 Å². The topological polar surface area (TPSA) is 72.8 Å². The van der Waals surface area contributed by atoms with Gasteiger partial charge in [-0.3, -0.25) is 9.42 Å². The van der Waals surface area contributed by atoms with Crippen molar-refractivity contribution in [2.45, 2.75) is 12.5 Å². The zero-order valence-corrected chi connectivity index (χ0v) is 16.8. The van der Waals surface area contributed by atoms with Crippen molar-refractivity contribution in [3.63, 3.8) is 0 Å². The van der Waals surface area contributed by atoms with Gasteiger partial charge in [0.15, 0.2) is 5.60 Å². The van der Waals surface area contributed by atoms with Crippen molar-refractivity contribution in [1.29, 1.82) is 0 Å². The minimum Gasteiger partial charge on any atom is -0.367 e. The lowest BCUT2D eigenvalue weighted by Gasteiger charge is -2.36. The third-order valence-electron chi connectivity index (χ3n) is 4.34. The molecule has 1 unspecified atom stereocenters. The second kappa shape index (κ2) is 8.58. The van der Waals surface area contributed by atoms with Crippen LogP contribution in [0.5, 0.6) is 0 Å². The van der Waals surface area contributed by atoms with E-state index >= 15 is 0 Å². The molecule has 3 aromatic rings. The second-order valence-corrected chi connectivity index (χ2v) is 7.80. The summed E-state index contributed by atoms with van der Waals surface area (Å²) in [5.41, 5.74) is 0.338. The predicted molar refractivity (Wildman–Crippen MR) is 111 cm³/mol. The summed E-state index contributed by atoms with van der Waals surface area (Å²) in [6.45, 7) is 4.84. The molecule has 0 aliphatic carbocycles. The SMILES string of the molecule is C=C(C)C(=O)OP(=O)(O)OC(c1ccccc1)(c1ccccc1)c1ccccc1. The Balaban J connectivity index is 2.24. The van der Waals surface area contributed by atoms with Crippen LogP contribution < -0.4 is 0 Å². The molecule has 0 aromatic heterocycles. The highest BCUT2D eigenvalue weighted by molar-refractivity contribution is 7.48. The molecule has 3 aromatic carbocycles. The summed E-state index contributed by atoms with van der Waals surface area (Å²) in [4.78, 5) is 22.4. The Kier molecular flexibility index (Phi) is 6.14. The Labute approximate surface area is 169 Å². The highest BCUT2D eigenvalue weighted by Crippen LogP contribution is 2.55. The van der Waals surface area contributed by atoms with Crippen LogP contribution in [-0.4, -0.2) is 10.9 Å². The third kappa shape index (κ3) is 4.54. The maximum Gasteiger partial charge on any atom is 0.531 e. The number of carbonyl (C=O) groups excluding carboxylic acids is 1. The van der Waals surface area contributed by atoms with Crippen LogP contribution in [-0.2, 0) is 24.0 Å². The fourth-order valence-electron chi connectivity index (χ4n) is 3.05. The summed E-state index contributed by atoms with van der Waals surface area (Å²) in [6, 6.07) is 27.1. The summed E-state index contributed by atoms with van der Waals surface area (Å²) in [5, 5.41) is 0. The van der Waals surface area contributed by atoms with Crippen LogP contribution in [0, 0.1) is 0 Å². The average Bonchev–Trinajstić information content (AvgIpc) is 2.73. The average molecular weight is 408 g/mol. The van der Waals surface area contributed by atoms with E-state index < -0.39 is 19.4 Å². The molecule has 6 heteroatoms. The zero-order valence-electron chi connectivity index (χ0n) is 15.9. The first-order valence-corrected chi connectivity index (χ1v) is 10.4. The van der Waals surface area contributed by atoms with Crippen molar-refractivity contribution in [3.05, 3.63) is 120 Å². The van der Waals surface area contributed by atoms with Gasteiger partial charge in [-0.2, -0.15) is 0 Å². The van der Waals surface area contributed by atoms with Crippen molar-refractivity contribution >= 4 is 13.8 Å². The highest BCUT2D eigenvalue weighted by atomic mass is 31.2. The van der Waals surface area contributed by atoms with Gasteiger partial charge >= 0.3 is 13.8 Å². The molecular weight excluding hydrogens is 387 g/mol. The van der Waals surface area contributed by atoms with Crippen molar-refractivity contribution in [2.75, 3.05) is 0 Å². The fraction of sp³-hybridized carbons (Fsp3) is 0.0870. The largest absolute Gasteiger partial charge is 0.531 e. The van der Waals surface area contributed by atoms with E-state index in [-0.39, 0.29) is 5.57 Å². The normalized spacial score (nSPS) is 13.3. The van der Waals surface area contributed by atoms with Crippen molar-refractivity contribution in [1.82, 2.24) is 0 Å². The standard InChI is InChI=1S/C23H21O5P/c1-18(2)22(24)27-29(25,26)28-23(19-12-6-3-7-13-19,20-14-8-4-9-15-20)21-16-10-5-11-17-21/h3-17H,1H2,2H3,(H,25,26). The Morgan fingerprint density at radius 2 is 1.17 bits per heavy atom. The number of benzene rings is 3. The van der Waals surface area contributed by atoms with Gasteiger partial charge in [-0.1, -0.05) is 97.6 Å². The van der Waals surface area contributed by atoms with E-state index in [2.05, 4.69) is 6.58 Å². The Bertz CT molecular complexity index is 936. The van der Waals surface area contributed by atoms with Gasteiger partial charge in [0.05, 0.1) is 0 Å².